The molecule has 0 unspecified atom stereocenters. The van der Waals surface area contributed by atoms with Crippen LogP contribution in [0, 0.1) is 11.3 Å². The molecular weight excluding hydrogens is 456 g/mol. The van der Waals surface area contributed by atoms with Crippen molar-refractivity contribution < 1.29 is 14.3 Å². The van der Waals surface area contributed by atoms with E-state index in [2.05, 4.69) is 26.7 Å². The van der Waals surface area contributed by atoms with Gasteiger partial charge in [0.05, 0.1) is 31.2 Å². The second-order valence-corrected chi connectivity index (χ2v) is 7.62. The van der Waals surface area contributed by atoms with Gasteiger partial charge in [0.15, 0.2) is 0 Å². The topological polar surface area (TPSA) is 120 Å². The fourth-order valence-corrected chi connectivity index (χ4v) is 3.35. The van der Waals surface area contributed by atoms with Crippen molar-refractivity contribution in [1.82, 2.24) is 4.98 Å². The highest BCUT2D eigenvalue weighted by Crippen LogP contribution is 2.18. The zero-order valence-corrected chi connectivity index (χ0v) is 20.3. The highest BCUT2D eigenvalue weighted by molar-refractivity contribution is 6.07. The fraction of sp³-hybridized carbons (Fsp3) is 0.222. The first kappa shape index (κ1) is 25.9. The van der Waals surface area contributed by atoms with Crippen LogP contribution in [0.2, 0.25) is 0 Å². The number of amides is 1. The van der Waals surface area contributed by atoms with Crippen LogP contribution >= 0.6 is 0 Å². The molecule has 9 nitrogen and oxygen atoms in total. The molecule has 0 saturated carbocycles. The Bertz CT molecular complexity index is 1240. The normalized spacial score (nSPS) is 10.8. The van der Waals surface area contributed by atoms with Gasteiger partial charge in [0, 0.05) is 36.7 Å². The molecule has 2 N–H and O–H groups in total. The van der Waals surface area contributed by atoms with Crippen LogP contribution in [0.15, 0.2) is 77.9 Å². The molecule has 1 heterocycles. The minimum absolute atomic E-state index is 0.0573. The van der Waals surface area contributed by atoms with Gasteiger partial charge in [-0.3, -0.25) is 19.5 Å². The summed E-state index contributed by atoms with van der Waals surface area (Å²) in [5.74, 6) is 0.452. The number of amidine groups is 1. The summed E-state index contributed by atoms with van der Waals surface area (Å²) in [6.07, 6.45) is 1.66. The van der Waals surface area contributed by atoms with E-state index in [-0.39, 0.29) is 31.4 Å². The summed E-state index contributed by atoms with van der Waals surface area (Å²) >= 11 is 0. The standard InChI is InChI=1S/C27H28N6O3/c1-3-36-26(34)14-16-33(25-9-4-5-15-30-25)27(35)21-7-6-8-23(17-21)32-24(29-2)19-31-22-12-10-20(18-28)11-13-22/h4-13,15,17,31H,3,14,16,19H2,1-2H3,(H,29,32). The lowest BCUT2D eigenvalue weighted by molar-refractivity contribution is -0.142. The molecule has 0 aliphatic carbocycles. The highest BCUT2D eigenvalue weighted by atomic mass is 16.5. The summed E-state index contributed by atoms with van der Waals surface area (Å²) in [5.41, 5.74) is 2.57. The maximum atomic E-state index is 13.4. The van der Waals surface area contributed by atoms with Crippen LogP contribution in [0.5, 0.6) is 0 Å². The van der Waals surface area contributed by atoms with Gasteiger partial charge >= 0.3 is 5.97 Å². The average molecular weight is 485 g/mol. The third-order valence-electron chi connectivity index (χ3n) is 5.16. The first-order valence-corrected chi connectivity index (χ1v) is 11.5. The number of ether oxygens (including phenoxy) is 1. The average Bonchev–Trinajstić information content (AvgIpc) is 2.92. The lowest BCUT2D eigenvalue weighted by atomic mass is 10.1. The Balaban J connectivity index is 1.71. The van der Waals surface area contributed by atoms with Gasteiger partial charge in [0.2, 0.25) is 0 Å². The lowest BCUT2D eigenvalue weighted by Crippen LogP contribution is -2.34. The number of carbonyl (C=O) groups excluding carboxylic acids is 2. The number of aliphatic imine (C=N–C) groups is 1. The van der Waals surface area contributed by atoms with Crippen LogP contribution < -0.4 is 15.5 Å². The van der Waals surface area contributed by atoms with E-state index in [0.717, 1.165) is 5.69 Å². The quantitative estimate of drug-likeness (QED) is 0.252. The van der Waals surface area contributed by atoms with E-state index in [0.29, 0.717) is 35.0 Å². The van der Waals surface area contributed by atoms with Gasteiger partial charge in [-0.15, -0.1) is 0 Å². The van der Waals surface area contributed by atoms with Crippen LogP contribution in [-0.2, 0) is 9.53 Å². The monoisotopic (exact) mass is 484 g/mol. The number of anilines is 3. The number of hydrogen-bond acceptors (Lipinski definition) is 7. The Morgan fingerprint density at radius 2 is 1.89 bits per heavy atom. The van der Waals surface area contributed by atoms with Gasteiger partial charge in [-0.1, -0.05) is 12.1 Å². The van der Waals surface area contributed by atoms with E-state index in [9.17, 15) is 9.59 Å². The van der Waals surface area contributed by atoms with Gasteiger partial charge < -0.3 is 15.4 Å². The molecule has 0 radical (unpaired) electrons. The number of benzene rings is 2. The maximum Gasteiger partial charge on any atom is 0.307 e. The van der Waals surface area contributed by atoms with Crippen molar-refractivity contribution in [3.63, 3.8) is 0 Å². The fourth-order valence-electron chi connectivity index (χ4n) is 3.35. The van der Waals surface area contributed by atoms with E-state index in [1.54, 1.807) is 68.7 Å². The van der Waals surface area contributed by atoms with Crippen molar-refractivity contribution in [1.29, 1.82) is 5.26 Å². The predicted molar refractivity (Wildman–Crippen MR) is 140 cm³/mol. The molecule has 184 valence electrons. The molecule has 1 aromatic heterocycles. The SMILES string of the molecule is CCOC(=O)CCN(C(=O)c1cccc(NC(CNc2ccc(C#N)cc2)=NC)c1)c1ccccn1. The first-order valence-electron chi connectivity index (χ1n) is 11.5. The van der Waals surface area contributed by atoms with Gasteiger partial charge in [0.1, 0.15) is 11.7 Å². The number of nitriles is 1. The Labute approximate surface area is 210 Å². The number of rotatable bonds is 10. The number of hydrogen-bond donors (Lipinski definition) is 2. The summed E-state index contributed by atoms with van der Waals surface area (Å²) in [4.78, 5) is 35.4. The predicted octanol–water partition coefficient (Wildman–Crippen LogP) is 4.11. The van der Waals surface area contributed by atoms with Crippen LogP contribution in [-0.4, -0.2) is 49.4 Å². The Morgan fingerprint density at radius 1 is 1.08 bits per heavy atom. The van der Waals surface area contributed by atoms with Crippen molar-refractivity contribution in [2.24, 2.45) is 4.99 Å². The third kappa shape index (κ3) is 7.40. The number of carbonyl (C=O) groups is 2. The van der Waals surface area contributed by atoms with Crippen molar-refractivity contribution in [2.75, 3.05) is 42.3 Å². The summed E-state index contributed by atoms with van der Waals surface area (Å²) in [6.45, 7) is 2.58. The maximum absolute atomic E-state index is 13.4. The summed E-state index contributed by atoms with van der Waals surface area (Å²) < 4.78 is 5.01. The third-order valence-corrected chi connectivity index (χ3v) is 5.16. The van der Waals surface area contributed by atoms with Gasteiger partial charge in [-0.2, -0.15) is 5.26 Å². The molecule has 0 fully saturated rings. The van der Waals surface area contributed by atoms with Crippen molar-refractivity contribution in [3.05, 3.63) is 84.1 Å². The van der Waals surface area contributed by atoms with Gasteiger partial charge in [-0.05, 0) is 61.5 Å². The summed E-state index contributed by atoms with van der Waals surface area (Å²) in [5, 5.41) is 15.4. The Hall–Kier alpha value is -4.71. The van der Waals surface area contributed by atoms with Crippen molar-refractivity contribution in [3.8, 4) is 6.07 Å². The van der Waals surface area contributed by atoms with E-state index in [1.165, 1.54) is 4.90 Å². The minimum atomic E-state index is -0.375. The van der Waals surface area contributed by atoms with E-state index in [1.807, 2.05) is 18.2 Å². The number of pyridine rings is 1. The number of esters is 1. The molecule has 3 rings (SSSR count). The molecule has 0 atom stereocenters. The molecule has 2 aromatic carbocycles. The minimum Gasteiger partial charge on any atom is -0.466 e. The highest BCUT2D eigenvalue weighted by Gasteiger charge is 2.20. The van der Waals surface area contributed by atoms with Crippen LogP contribution in [0.25, 0.3) is 0 Å². The molecule has 0 saturated heterocycles. The lowest BCUT2D eigenvalue weighted by Gasteiger charge is -2.22. The smallest absolute Gasteiger partial charge is 0.307 e. The molecule has 9 heteroatoms. The van der Waals surface area contributed by atoms with Gasteiger partial charge in [0.25, 0.3) is 5.91 Å². The molecule has 3 aromatic rings. The van der Waals surface area contributed by atoms with E-state index in [4.69, 9.17) is 10.00 Å². The molecule has 36 heavy (non-hydrogen) atoms. The molecular formula is C27H28N6O3. The molecule has 0 aliphatic rings. The van der Waals surface area contributed by atoms with Crippen LogP contribution in [0.1, 0.15) is 29.3 Å². The zero-order chi connectivity index (χ0) is 25.8. The molecule has 1 amide bonds. The van der Waals surface area contributed by atoms with E-state index >= 15 is 0 Å². The second-order valence-electron chi connectivity index (χ2n) is 7.62. The Morgan fingerprint density at radius 3 is 2.56 bits per heavy atom. The van der Waals surface area contributed by atoms with Crippen LogP contribution in [0.3, 0.4) is 0 Å². The zero-order valence-electron chi connectivity index (χ0n) is 20.3. The van der Waals surface area contributed by atoms with E-state index < -0.39 is 0 Å². The van der Waals surface area contributed by atoms with Crippen LogP contribution in [0.4, 0.5) is 17.2 Å². The molecule has 0 aliphatic heterocycles. The van der Waals surface area contributed by atoms with Crippen molar-refractivity contribution >= 4 is 34.9 Å². The molecule has 0 bridgehead atoms. The molecule has 0 spiro atoms. The number of aromatic nitrogens is 1. The second kappa shape index (κ2) is 13.2. The summed E-state index contributed by atoms with van der Waals surface area (Å²) in [6, 6.07) is 21.6. The number of nitrogens with zero attached hydrogens (tertiary/aromatic N) is 4. The summed E-state index contributed by atoms with van der Waals surface area (Å²) in [7, 11) is 1.68. The van der Waals surface area contributed by atoms with Gasteiger partial charge in [-0.25, -0.2) is 4.98 Å². The van der Waals surface area contributed by atoms with Crippen molar-refractivity contribution in [2.45, 2.75) is 13.3 Å². The largest absolute Gasteiger partial charge is 0.466 e. The number of nitrogens with one attached hydrogen (secondary N) is 2. The first-order chi connectivity index (χ1) is 17.5. The Kier molecular flexibility index (Phi) is 9.53.